The standard InChI is InChI=1S/C27H30FN3O2/c1-27(2,3)33-25(32)19-12-14-22(15-13-19)30-26-29-17-23(28)24(31-26)21-11-7-10-20(16-21)18-8-5-4-6-9-18/h4-11,16-17,19,22H,12-15H2,1-3H3,(H,29,30,31)/t19-,22-. The lowest BCUT2D eigenvalue weighted by atomic mass is 9.86. The van der Waals surface area contributed by atoms with Crippen molar-refractivity contribution in [2.24, 2.45) is 5.92 Å². The molecule has 0 radical (unpaired) electrons. The Morgan fingerprint density at radius 2 is 1.64 bits per heavy atom. The van der Waals surface area contributed by atoms with Crippen LogP contribution < -0.4 is 5.32 Å². The number of carbonyl (C=O) groups excluding carboxylic acids is 1. The zero-order chi connectivity index (χ0) is 23.4. The molecule has 1 N–H and O–H groups in total. The molecule has 5 nitrogen and oxygen atoms in total. The minimum atomic E-state index is -0.470. The number of hydrogen-bond donors (Lipinski definition) is 1. The van der Waals surface area contributed by atoms with Gasteiger partial charge in [0.25, 0.3) is 0 Å². The summed E-state index contributed by atoms with van der Waals surface area (Å²) in [5.74, 6) is -0.260. The normalized spacial score (nSPS) is 18.5. The number of benzene rings is 2. The molecular weight excluding hydrogens is 417 g/mol. The van der Waals surface area contributed by atoms with Crippen molar-refractivity contribution in [3.63, 3.8) is 0 Å². The largest absolute Gasteiger partial charge is 0.460 e. The second-order valence-corrected chi connectivity index (χ2v) is 9.56. The summed E-state index contributed by atoms with van der Waals surface area (Å²) in [5.41, 5.74) is 2.57. The first-order chi connectivity index (χ1) is 15.8. The molecule has 0 saturated heterocycles. The van der Waals surface area contributed by atoms with Gasteiger partial charge in [0.2, 0.25) is 5.95 Å². The highest BCUT2D eigenvalue weighted by atomic mass is 19.1. The highest BCUT2D eigenvalue weighted by molar-refractivity contribution is 5.73. The van der Waals surface area contributed by atoms with Crippen molar-refractivity contribution in [3.05, 3.63) is 66.6 Å². The molecular formula is C27H30FN3O2. The Morgan fingerprint density at radius 3 is 2.33 bits per heavy atom. The number of esters is 1. The van der Waals surface area contributed by atoms with E-state index < -0.39 is 11.4 Å². The van der Waals surface area contributed by atoms with Gasteiger partial charge in [-0.25, -0.2) is 14.4 Å². The number of hydrogen-bond acceptors (Lipinski definition) is 5. The van der Waals surface area contributed by atoms with Crippen LogP contribution in [0.2, 0.25) is 0 Å². The molecule has 1 aromatic heterocycles. The van der Waals surface area contributed by atoms with E-state index in [0.29, 0.717) is 11.5 Å². The third-order valence-electron chi connectivity index (χ3n) is 5.79. The summed E-state index contributed by atoms with van der Waals surface area (Å²) in [6.07, 6.45) is 4.33. The summed E-state index contributed by atoms with van der Waals surface area (Å²) in [5, 5.41) is 3.33. The Morgan fingerprint density at radius 1 is 0.970 bits per heavy atom. The Kier molecular flexibility index (Phi) is 6.72. The summed E-state index contributed by atoms with van der Waals surface area (Å²) in [6, 6.07) is 17.8. The van der Waals surface area contributed by atoms with E-state index in [2.05, 4.69) is 15.3 Å². The molecule has 1 fully saturated rings. The molecule has 1 heterocycles. The summed E-state index contributed by atoms with van der Waals surface area (Å²) in [7, 11) is 0. The van der Waals surface area contributed by atoms with Crippen molar-refractivity contribution >= 4 is 11.9 Å². The lowest BCUT2D eigenvalue weighted by molar-refractivity contribution is -0.161. The fourth-order valence-electron chi connectivity index (χ4n) is 4.16. The van der Waals surface area contributed by atoms with Crippen molar-refractivity contribution in [3.8, 4) is 22.4 Å². The van der Waals surface area contributed by atoms with E-state index in [1.54, 1.807) is 0 Å². The van der Waals surface area contributed by atoms with Gasteiger partial charge in [0.1, 0.15) is 11.3 Å². The number of aromatic nitrogens is 2. The van der Waals surface area contributed by atoms with Gasteiger partial charge in [-0.05, 0) is 63.6 Å². The molecule has 4 rings (SSSR count). The molecule has 0 spiro atoms. The number of anilines is 1. The average molecular weight is 448 g/mol. The van der Waals surface area contributed by atoms with Gasteiger partial charge in [-0.2, -0.15) is 0 Å². The van der Waals surface area contributed by atoms with E-state index in [-0.39, 0.29) is 23.6 Å². The first kappa shape index (κ1) is 22.9. The minimum Gasteiger partial charge on any atom is -0.460 e. The van der Waals surface area contributed by atoms with Gasteiger partial charge in [-0.1, -0.05) is 48.5 Å². The molecule has 0 bridgehead atoms. The fraction of sp³-hybridized carbons (Fsp3) is 0.370. The van der Waals surface area contributed by atoms with Crippen molar-refractivity contribution in [1.29, 1.82) is 0 Å². The maximum absolute atomic E-state index is 14.6. The molecule has 0 aliphatic heterocycles. The van der Waals surface area contributed by atoms with Crippen LogP contribution in [0.3, 0.4) is 0 Å². The predicted molar refractivity (Wildman–Crippen MR) is 128 cm³/mol. The molecule has 0 amide bonds. The first-order valence-electron chi connectivity index (χ1n) is 11.5. The maximum atomic E-state index is 14.6. The van der Waals surface area contributed by atoms with Crippen LogP contribution in [0.5, 0.6) is 0 Å². The van der Waals surface area contributed by atoms with E-state index in [0.717, 1.165) is 36.8 Å². The van der Waals surface area contributed by atoms with E-state index >= 15 is 0 Å². The highest BCUT2D eigenvalue weighted by Gasteiger charge is 2.30. The van der Waals surface area contributed by atoms with Crippen molar-refractivity contribution < 1.29 is 13.9 Å². The summed E-state index contributed by atoms with van der Waals surface area (Å²) in [6.45, 7) is 5.66. The topological polar surface area (TPSA) is 64.1 Å². The number of nitrogens with zero attached hydrogens (tertiary/aromatic N) is 2. The zero-order valence-corrected chi connectivity index (χ0v) is 19.3. The number of carbonyl (C=O) groups is 1. The average Bonchev–Trinajstić information content (AvgIpc) is 2.80. The fourth-order valence-corrected chi connectivity index (χ4v) is 4.16. The number of rotatable bonds is 5. The molecule has 33 heavy (non-hydrogen) atoms. The molecule has 0 atom stereocenters. The molecule has 172 valence electrons. The van der Waals surface area contributed by atoms with Crippen LogP contribution in [0, 0.1) is 11.7 Å². The van der Waals surface area contributed by atoms with Crippen LogP contribution >= 0.6 is 0 Å². The van der Waals surface area contributed by atoms with Gasteiger partial charge in [0.15, 0.2) is 5.82 Å². The summed E-state index contributed by atoms with van der Waals surface area (Å²) >= 11 is 0. The Balaban J connectivity index is 1.44. The lowest BCUT2D eigenvalue weighted by Crippen LogP contribution is -2.34. The van der Waals surface area contributed by atoms with Crippen molar-refractivity contribution in [1.82, 2.24) is 9.97 Å². The van der Waals surface area contributed by atoms with Gasteiger partial charge in [-0.3, -0.25) is 4.79 Å². The van der Waals surface area contributed by atoms with Crippen LogP contribution in [0.1, 0.15) is 46.5 Å². The van der Waals surface area contributed by atoms with Crippen LogP contribution in [0.4, 0.5) is 10.3 Å². The Bertz CT molecular complexity index is 1100. The van der Waals surface area contributed by atoms with Crippen molar-refractivity contribution in [2.45, 2.75) is 58.1 Å². The molecule has 3 aromatic rings. The third kappa shape index (κ3) is 5.95. The van der Waals surface area contributed by atoms with Crippen LogP contribution in [-0.4, -0.2) is 27.6 Å². The monoisotopic (exact) mass is 447 g/mol. The first-order valence-corrected chi connectivity index (χ1v) is 11.5. The zero-order valence-electron chi connectivity index (χ0n) is 19.3. The van der Waals surface area contributed by atoms with Crippen LogP contribution in [-0.2, 0) is 9.53 Å². The second kappa shape index (κ2) is 9.69. The molecule has 0 unspecified atom stereocenters. The van der Waals surface area contributed by atoms with E-state index in [9.17, 15) is 9.18 Å². The number of nitrogens with one attached hydrogen (secondary N) is 1. The van der Waals surface area contributed by atoms with Crippen LogP contribution in [0.25, 0.3) is 22.4 Å². The van der Waals surface area contributed by atoms with Crippen LogP contribution in [0.15, 0.2) is 60.8 Å². The second-order valence-electron chi connectivity index (χ2n) is 9.56. The number of ether oxygens (including phenoxy) is 1. The summed E-state index contributed by atoms with van der Waals surface area (Å²) in [4.78, 5) is 21.0. The molecule has 6 heteroatoms. The smallest absolute Gasteiger partial charge is 0.309 e. The van der Waals surface area contributed by atoms with Gasteiger partial charge in [0, 0.05) is 11.6 Å². The minimum absolute atomic E-state index is 0.0762. The Labute approximate surface area is 194 Å². The van der Waals surface area contributed by atoms with E-state index in [1.165, 1.54) is 6.20 Å². The SMILES string of the molecule is CC(C)(C)OC(=O)[C@H]1CC[C@H](Nc2ncc(F)c(-c3cccc(-c4ccccc4)c3)n2)CC1. The van der Waals surface area contributed by atoms with Gasteiger partial charge < -0.3 is 10.1 Å². The van der Waals surface area contributed by atoms with Crippen molar-refractivity contribution in [2.75, 3.05) is 5.32 Å². The predicted octanol–water partition coefficient (Wildman–Crippen LogP) is 6.26. The molecule has 1 aliphatic rings. The highest BCUT2D eigenvalue weighted by Crippen LogP contribution is 2.30. The quantitative estimate of drug-likeness (QED) is 0.468. The maximum Gasteiger partial charge on any atom is 0.309 e. The number of halogens is 1. The van der Waals surface area contributed by atoms with Gasteiger partial charge in [-0.15, -0.1) is 0 Å². The molecule has 2 aromatic carbocycles. The van der Waals surface area contributed by atoms with E-state index in [4.69, 9.17) is 4.74 Å². The third-order valence-corrected chi connectivity index (χ3v) is 5.79. The van der Waals surface area contributed by atoms with E-state index in [1.807, 2.05) is 75.4 Å². The molecule has 1 aliphatic carbocycles. The van der Waals surface area contributed by atoms with Gasteiger partial charge in [0.05, 0.1) is 12.1 Å². The Hall–Kier alpha value is -3.28. The lowest BCUT2D eigenvalue weighted by Gasteiger charge is -2.30. The summed E-state index contributed by atoms with van der Waals surface area (Å²) < 4.78 is 20.2. The van der Waals surface area contributed by atoms with Gasteiger partial charge >= 0.3 is 5.97 Å². The molecule has 1 saturated carbocycles.